The molecule has 0 spiro atoms. The van der Waals surface area contributed by atoms with Gasteiger partial charge in [-0.15, -0.1) is 0 Å². The lowest BCUT2D eigenvalue weighted by atomic mass is 9.59. The Morgan fingerprint density at radius 3 is 2.18 bits per heavy atom. The van der Waals surface area contributed by atoms with Gasteiger partial charge in [0.1, 0.15) is 0 Å². The highest BCUT2D eigenvalue weighted by atomic mass is 28.3. The standard InChI is InChI=1S/C25H36O2Si/c1-4-28(5-2,23-14-10-7-11-15-23)20-25(3)22(18-24(25)26)16-17-27-19-21-12-8-6-9-13-21/h6-15,22,24,26H,4-5,16-20H2,1-3H3/t22-,24+,25-/m0/s1. The Morgan fingerprint density at radius 1 is 1.00 bits per heavy atom. The number of aliphatic hydroxyl groups excluding tert-OH is 1. The van der Waals surface area contributed by atoms with Crippen molar-refractivity contribution in [1.29, 1.82) is 0 Å². The van der Waals surface area contributed by atoms with E-state index in [4.69, 9.17) is 4.74 Å². The van der Waals surface area contributed by atoms with Crippen molar-refractivity contribution in [2.45, 2.75) is 64.5 Å². The van der Waals surface area contributed by atoms with Gasteiger partial charge in [-0.25, -0.2) is 0 Å². The van der Waals surface area contributed by atoms with Crippen LogP contribution in [0.2, 0.25) is 18.1 Å². The Kier molecular flexibility index (Phi) is 7.13. The van der Waals surface area contributed by atoms with Crippen LogP contribution in [-0.4, -0.2) is 25.9 Å². The predicted molar refractivity (Wildman–Crippen MR) is 121 cm³/mol. The zero-order valence-corrected chi connectivity index (χ0v) is 18.7. The largest absolute Gasteiger partial charge is 0.393 e. The second kappa shape index (κ2) is 9.38. The third-order valence-corrected chi connectivity index (χ3v) is 13.1. The highest BCUT2D eigenvalue weighted by molar-refractivity contribution is 6.91. The van der Waals surface area contributed by atoms with Crippen LogP contribution in [0.4, 0.5) is 0 Å². The molecule has 2 nitrogen and oxygen atoms in total. The summed E-state index contributed by atoms with van der Waals surface area (Å²) in [5.41, 5.74) is 1.26. The molecule has 0 heterocycles. The maximum atomic E-state index is 10.8. The first-order chi connectivity index (χ1) is 13.5. The van der Waals surface area contributed by atoms with Crippen molar-refractivity contribution >= 4 is 13.3 Å². The molecule has 3 heteroatoms. The molecule has 28 heavy (non-hydrogen) atoms. The quantitative estimate of drug-likeness (QED) is 0.432. The minimum absolute atomic E-state index is 0.0319. The van der Waals surface area contributed by atoms with Crippen LogP contribution in [-0.2, 0) is 11.3 Å². The summed E-state index contributed by atoms with van der Waals surface area (Å²) in [6.45, 7) is 8.50. The van der Waals surface area contributed by atoms with E-state index in [-0.39, 0.29) is 11.5 Å². The van der Waals surface area contributed by atoms with Crippen molar-refractivity contribution in [2.75, 3.05) is 6.61 Å². The monoisotopic (exact) mass is 396 g/mol. The number of benzene rings is 2. The van der Waals surface area contributed by atoms with Crippen LogP contribution in [0.5, 0.6) is 0 Å². The van der Waals surface area contributed by atoms with Crippen LogP contribution in [0.25, 0.3) is 0 Å². The molecule has 1 aliphatic rings. The molecule has 0 aliphatic heterocycles. The summed E-state index contributed by atoms with van der Waals surface area (Å²) in [7, 11) is -1.61. The van der Waals surface area contributed by atoms with Crippen LogP contribution in [0.1, 0.15) is 39.2 Å². The average Bonchev–Trinajstić information content (AvgIpc) is 2.75. The van der Waals surface area contributed by atoms with Gasteiger partial charge in [0.05, 0.1) is 20.8 Å². The van der Waals surface area contributed by atoms with Gasteiger partial charge in [-0.3, -0.25) is 0 Å². The van der Waals surface area contributed by atoms with Crippen molar-refractivity contribution < 1.29 is 9.84 Å². The lowest BCUT2D eigenvalue weighted by Gasteiger charge is -2.55. The fourth-order valence-corrected chi connectivity index (χ4v) is 10.1. The molecule has 3 atom stereocenters. The Hall–Kier alpha value is -1.42. The maximum absolute atomic E-state index is 10.8. The molecule has 0 saturated heterocycles. The van der Waals surface area contributed by atoms with Crippen LogP contribution in [0.15, 0.2) is 60.7 Å². The van der Waals surface area contributed by atoms with E-state index in [9.17, 15) is 5.11 Å². The molecule has 1 saturated carbocycles. The zero-order chi connectivity index (χ0) is 20.0. The van der Waals surface area contributed by atoms with E-state index in [0.717, 1.165) is 19.4 Å². The minimum Gasteiger partial charge on any atom is -0.393 e. The Bertz CT molecular complexity index is 714. The molecule has 0 unspecified atom stereocenters. The van der Waals surface area contributed by atoms with Gasteiger partial charge in [0.2, 0.25) is 0 Å². The first-order valence-corrected chi connectivity index (χ1v) is 13.5. The minimum atomic E-state index is -1.61. The van der Waals surface area contributed by atoms with Gasteiger partial charge in [-0.05, 0) is 35.8 Å². The van der Waals surface area contributed by atoms with E-state index in [0.29, 0.717) is 12.5 Å². The molecule has 2 aromatic carbocycles. The molecule has 1 fully saturated rings. The molecule has 0 bridgehead atoms. The van der Waals surface area contributed by atoms with Crippen molar-refractivity contribution in [3.05, 3.63) is 66.2 Å². The molecule has 0 radical (unpaired) electrons. The normalized spacial score (nSPS) is 24.7. The van der Waals surface area contributed by atoms with E-state index in [1.165, 1.54) is 23.7 Å². The Balaban J connectivity index is 1.62. The summed E-state index contributed by atoms with van der Waals surface area (Å²) in [4.78, 5) is 0. The number of ether oxygens (including phenoxy) is 1. The highest BCUT2D eigenvalue weighted by Gasteiger charge is 2.54. The zero-order valence-electron chi connectivity index (χ0n) is 17.7. The lowest BCUT2D eigenvalue weighted by Crippen LogP contribution is -2.59. The van der Waals surface area contributed by atoms with E-state index in [1.54, 1.807) is 5.19 Å². The van der Waals surface area contributed by atoms with E-state index < -0.39 is 8.07 Å². The Labute approximate surface area is 172 Å². The molecule has 1 aliphatic carbocycles. The topological polar surface area (TPSA) is 29.5 Å². The molecule has 3 rings (SSSR count). The molecule has 0 amide bonds. The summed E-state index contributed by atoms with van der Waals surface area (Å²) in [6, 6.07) is 25.2. The van der Waals surface area contributed by atoms with Crippen LogP contribution in [0, 0.1) is 11.3 Å². The molecule has 2 aromatic rings. The molecule has 152 valence electrons. The first-order valence-electron chi connectivity index (χ1n) is 10.9. The van der Waals surface area contributed by atoms with Crippen LogP contribution < -0.4 is 5.19 Å². The van der Waals surface area contributed by atoms with Crippen molar-refractivity contribution in [1.82, 2.24) is 0 Å². The first kappa shape index (κ1) is 21.3. The number of aliphatic hydroxyl groups is 1. The van der Waals surface area contributed by atoms with Gasteiger partial charge in [0.25, 0.3) is 0 Å². The number of hydrogen-bond acceptors (Lipinski definition) is 2. The SMILES string of the molecule is CC[Si](CC)(C[C@@]1(C)[C@@H](CCOCc2ccccc2)C[C@H]1O)c1ccccc1. The molecular formula is C25H36O2Si. The summed E-state index contributed by atoms with van der Waals surface area (Å²) in [6.07, 6.45) is 1.81. The Morgan fingerprint density at radius 2 is 1.61 bits per heavy atom. The van der Waals surface area contributed by atoms with Crippen molar-refractivity contribution in [3.8, 4) is 0 Å². The van der Waals surface area contributed by atoms with E-state index in [1.807, 2.05) is 6.07 Å². The summed E-state index contributed by atoms with van der Waals surface area (Å²) < 4.78 is 5.95. The highest BCUT2D eigenvalue weighted by Crippen LogP contribution is 2.54. The van der Waals surface area contributed by atoms with Gasteiger partial charge in [0, 0.05) is 6.61 Å². The van der Waals surface area contributed by atoms with Gasteiger partial charge >= 0.3 is 0 Å². The predicted octanol–water partition coefficient (Wildman–Crippen LogP) is 5.38. The number of rotatable bonds is 10. The third-order valence-electron chi connectivity index (χ3n) is 7.38. The second-order valence-corrected chi connectivity index (χ2v) is 13.7. The van der Waals surface area contributed by atoms with Crippen molar-refractivity contribution in [2.24, 2.45) is 11.3 Å². The summed E-state index contributed by atoms with van der Waals surface area (Å²) in [5.74, 6) is 0.562. The number of hydrogen-bond donors (Lipinski definition) is 1. The fraction of sp³-hybridized carbons (Fsp3) is 0.520. The maximum Gasteiger partial charge on any atom is 0.0868 e. The van der Waals surface area contributed by atoms with Crippen molar-refractivity contribution in [3.63, 3.8) is 0 Å². The van der Waals surface area contributed by atoms with Crippen LogP contribution in [0.3, 0.4) is 0 Å². The molecule has 0 aromatic heterocycles. The lowest BCUT2D eigenvalue weighted by molar-refractivity contribution is -0.108. The van der Waals surface area contributed by atoms with E-state index in [2.05, 4.69) is 75.4 Å². The van der Waals surface area contributed by atoms with Gasteiger partial charge in [-0.1, -0.05) is 98.7 Å². The molecule has 1 N–H and O–H groups in total. The smallest absolute Gasteiger partial charge is 0.0868 e. The van der Waals surface area contributed by atoms with Gasteiger partial charge in [-0.2, -0.15) is 0 Å². The molecular weight excluding hydrogens is 360 g/mol. The van der Waals surface area contributed by atoms with Gasteiger partial charge in [0.15, 0.2) is 0 Å². The van der Waals surface area contributed by atoms with Gasteiger partial charge < -0.3 is 9.84 Å². The summed E-state index contributed by atoms with van der Waals surface area (Å²) >= 11 is 0. The second-order valence-electron chi connectivity index (χ2n) is 8.81. The fourth-order valence-electron chi connectivity index (χ4n) is 5.15. The van der Waals surface area contributed by atoms with E-state index >= 15 is 0 Å². The third kappa shape index (κ3) is 4.42. The summed E-state index contributed by atoms with van der Waals surface area (Å²) in [5, 5.41) is 12.3. The average molecular weight is 397 g/mol. The van der Waals surface area contributed by atoms with Crippen LogP contribution >= 0.6 is 0 Å².